The molecule has 0 atom stereocenters. The second-order valence-electron chi connectivity index (χ2n) is 3.78. The number of rotatable bonds is 6. The summed E-state index contributed by atoms with van der Waals surface area (Å²) in [7, 11) is 0. The molecule has 1 heterocycles. The van der Waals surface area contributed by atoms with E-state index in [-0.39, 0.29) is 5.97 Å². The molecule has 17 heavy (non-hydrogen) atoms. The minimum Gasteiger partial charge on any atom is -0.460 e. The van der Waals surface area contributed by atoms with Crippen molar-refractivity contribution in [1.29, 1.82) is 0 Å². The first-order chi connectivity index (χ1) is 8.08. The van der Waals surface area contributed by atoms with Gasteiger partial charge in [-0.3, -0.25) is 0 Å². The molecule has 0 aromatic carbocycles. The van der Waals surface area contributed by atoms with E-state index in [9.17, 15) is 4.79 Å². The van der Waals surface area contributed by atoms with Gasteiger partial charge in [0.15, 0.2) is 0 Å². The topological polar surface area (TPSA) is 55.6 Å². The second kappa shape index (κ2) is 6.61. The molecule has 0 aliphatic carbocycles. The molecule has 0 fully saturated rings. The van der Waals surface area contributed by atoms with E-state index in [0.717, 1.165) is 24.5 Å². The van der Waals surface area contributed by atoms with E-state index in [1.807, 2.05) is 6.92 Å². The summed E-state index contributed by atoms with van der Waals surface area (Å²) in [5, 5.41) is 0. The zero-order chi connectivity index (χ0) is 12.8. The van der Waals surface area contributed by atoms with Crippen molar-refractivity contribution >= 4 is 23.0 Å². The number of hydrogen-bond acceptors (Lipinski definition) is 5. The third-order valence-electron chi connectivity index (χ3n) is 2.69. The van der Waals surface area contributed by atoms with E-state index in [4.69, 9.17) is 10.5 Å². The molecular formula is C12H20N2O2S. The molecule has 0 saturated carbocycles. The number of aryl methyl sites for hydroxylation is 1. The highest BCUT2D eigenvalue weighted by molar-refractivity contribution is 7.14. The van der Waals surface area contributed by atoms with E-state index >= 15 is 0 Å². The second-order valence-corrected chi connectivity index (χ2v) is 5.04. The maximum atomic E-state index is 11.7. The van der Waals surface area contributed by atoms with Crippen LogP contribution in [0.3, 0.4) is 0 Å². The molecule has 4 nitrogen and oxygen atoms in total. The summed E-state index contributed by atoms with van der Waals surface area (Å²) >= 11 is 1.38. The van der Waals surface area contributed by atoms with Crippen molar-refractivity contribution in [1.82, 2.24) is 4.90 Å². The number of nitrogens with zero attached hydrogens (tertiary/aromatic N) is 1. The van der Waals surface area contributed by atoms with Crippen LogP contribution in [0.1, 0.15) is 28.4 Å². The van der Waals surface area contributed by atoms with Crippen LogP contribution in [0.15, 0.2) is 6.07 Å². The van der Waals surface area contributed by atoms with Crippen LogP contribution >= 0.6 is 11.3 Å². The first-order valence-corrected chi connectivity index (χ1v) is 6.65. The smallest absolute Gasteiger partial charge is 0.348 e. The highest BCUT2D eigenvalue weighted by atomic mass is 32.1. The fourth-order valence-corrected chi connectivity index (χ4v) is 2.31. The molecule has 5 heteroatoms. The molecule has 0 spiro atoms. The Hall–Kier alpha value is -1.07. The monoisotopic (exact) mass is 256 g/mol. The van der Waals surface area contributed by atoms with Gasteiger partial charge in [-0.25, -0.2) is 4.79 Å². The van der Waals surface area contributed by atoms with Crippen molar-refractivity contribution < 1.29 is 9.53 Å². The maximum absolute atomic E-state index is 11.7. The van der Waals surface area contributed by atoms with Gasteiger partial charge in [0.2, 0.25) is 0 Å². The van der Waals surface area contributed by atoms with E-state index in [2.05, 4.69) is 18.7 Å². The van der Waals surface area contributed by atoms with Gasteiger partial charge in [-0.1, -0.05) is 13.8 Å². The maximum Gasteiger partial charge on any atom is 0.348 e. The van der Waals surface area contributed by atoms with Crippen LogP contribution in [0.2, 0.25) is 0 Å². The van der Waals surface area contributed by atoms with Crippen LogP contribution in [0.5, 0.6) is 0 Å². The van der Waals surface area contributed by atoms with E-state index < -0.39 is 0 Å². The van der Waals surface area contributed by atoms with Crippen LogP contribution in [0.4, 0.5) is 5.69 Å². The number of esters is 1. The SMILES string of the molecule is CCN(CC)CCOC(=O)c1cc(N)c(C)s1. The van der Waals surface area contributed by atoms with Gasteiger partial charge >= 0.3 is 5.97 Å². The van der Waals surface area contributed by atoms with Gasteiger partial charge in [-0.2, -0.15) is 0 Å². The Bertz CT molecular complexity index is 353. The highest BCUT2D eigenvalue weighted by Crippen LogP contribution is 2.23. The number of carbonyl (C=O) groups is 1. The number of thiophene rings is 1. The predicted molar refractivity (Wildman–Crippen MR) is 71.5 cm³/mol. The Morgan fingerprint density at radius 3 is 2.59 bits per heavy atom. The van der Waals surface area contributed by atoms with Crippen LogP contribution in [0, 0.1) is 6.92 Å². The number of carbonyl (C=O) groups excluding carboxylic acids is 1. The number of anilines is 1. The first kappa shape index (κ1) is 14.0. The van der Waals surface area contributed by atoms with Crippen LogP contribution in [-0.2, 0) is 4.74 Å². The van der Waals surface area contributed by atoms with Gasteiger partial charge < -0.3 is 15.4 Å². The van der Waals surface area contributed by atoms with Crippen LogP contribution in [0.25, 0.3) is 0 Å². The number of hydrogen-bond donors (Lipinski definition) is 1. The van der Waals surface area contributed by atoms with Crippen molar-refractivity contribution in [3.8, 4) is 0 Å². The summed E-state index contributed by atoms with van der Waals surface area (Å²) in [4.78, 5) is 15.4. The first-order valence-electron chi connectivity index (χ1n) is 5.83. The van der Waals surface area contributed by atoms with Crippen molar-refractivity contribution in [2.75, 3.05) is 32.0 Å². The molecule has 0 aliphatic heterocycles. The Morgan fingerprint density at radius 1 is 1.47 bits per heavy atom. The summed E-state index contributed by atoms with van der Waals surface area (Å²) in [6.07, 6.45) is 0. The predicted octanol–water partition coefficient (Wildman–Crippen LogP) is 2.14. The molecular weight excluding hydrogens is 236 g/mol. The molecule has 1 rings (SSSR count). The standard InChI is InChI=1S/C12H20N2O2S/c1-4-14(5-2)6-7-16-12(15)11-8-10(13)9(3)17-11/h8H,4-7,13H2,1-3H3. The lowest BCUT2D eigenvalue weighted by Gasteiger charge is -2.17. The Kier molecular flexibility index (Phi) is 5.44. The van der Waals surface area contributed by atoms with E-state index in [0.29, 0.717) is 17.2 Å². The summed E-state index contributed by atoms with van der Waals surface area (Å²) in [6, 6.07) is 1.68. The lowest BCUT2D eigenvalue weighted by molar-refractivity contribution is 0.0472. The zero-order valence-electron chi connectivity index (χ0n) is 10.7. The lowest BCUT2D eigenvalue weighted by Crippen LogP contribution is -2.27. The normalized spacial score (nSPS) is 10.8. The number of ether oxygens (including phenoxy) is 1. The van der Waals surface area contributed by atoms with Crippen molar-refractivity contribution in [2.45, 2.75) is 20.8 Å². The van der Waals surface area contributed by atoms with Gasteiger partial charge in [0.25, 0.3) is 0 Å². The molecule has 1 aromatic rings. The Morgan fingerprint density at radius 2 is 2.12 bits per heavy atom. The van der Waals surface area contributed by atoms with Crippen LogP contribution < -0.4 is 5.73 Å². The molecule has 0 bridgehead atoms. The summed E-state index contributed by atoms with van der Waals surface area (Å²) in [5.41, 5.74) is 6.35. The summed E-state index contributed by atoms with van der Waals surface area (Å²) in [6.45, 7) is 9.23. The van der Waals surface area contributed by atoms with Gasteiger partial charge in [-0.05, 0) is 26.1 Å². The zero-order valence-corrected chi connectivity index (χ0v) is 11.5. The fourth-order valence-electron chi connectivity index (χ4n) is 1.48. The van der Waals surface area contributed by atoms with Gasteiger partial charge in [0.05, 0.1) is 0 Å². The van der Waals surface area contributed by atoms with E-state index in [1.165, 1.54) is 11.3 Å². The van der Waals surface area contributed by atoms with Gasteiger partial charge in [-0.15, -0.1) is 11.3 Å². The van der Waals surface area contributed by atoms with Crippen molar-refractivity contribution in [3.05, 3.63) is 15.8 Å². The molecule has 0 radical (unpaired) electrons. The average molecular weight is 256 g/mol. The molecule has 96 valence electrons. The van der Waals surface area contributed by atoms with Gasteiger partial charge in [0.1, 0.15) is 11.5 Å². The minimum absolute atomic E-state index is 0.276. The third kappa shape index (κ3) is 4.02. The van der Waals surface area contributed by atoms with Crippen molar-refractivity contribution in [2.24, 2.45) is 0 Å². The highest BCUT2D eigenvalue weighted by Gasteiger charge is 2.12. The van der Waals surface area contributed by atoms with Crippen LogP contribution in [-0.4, -0.2) is 37.1 Å². The molecule has 2 N–H and O–H groups in total. The van der Waals surface area contributed by atoms with E-state index in [1.54, 1.807) is 6.07 Å². The third-order valence-corrected chi connectivity index (χ3v) is 3.74. The number of likely N-dealkylation sites (N-methyl/N-ethyl adjacent to an activating group) is 1. The summed E-state index contributed by atoms with van der Waals surface area (Å²) in [5.74, 6) is -0.276. The molecule has 0 amide bonds. The average Bonchev–Trinajstić information content (AvgIpc) is 2.65. The quantitative estimate of drug-likeness (QED) is 0.792. The van der Waals surface area contributed by atoms with Gasteiger partial charge in [0, 0.05) is 17.1 Å². The number of nitrogen functional groups attached to an aromatic ring is 1. The molecule has 0 unspecified atom stereocenters. The molecule has 1 aromatic heterocycles. The van der Waals surface area contributed by atoms with Crippen molar-refractivity contribution in [3.63, 3.8) is 0 Å². The Labute approximate surface area is 106 Å². The largest absolute Gasteiger partial charge is 0.460 e. The minimum atomic E-state index is -0.276. The molecule has 0 aliphatic rings. The number of nitrogens with two attached hydrogens (primary N) is 1. The molecule has 0 saturated heterocycles. The lowest BCUT2D eigenvalue weighted by atomic mass is 10.4. The fraction of sp³-hybridized carbons (Fsp3) is 0.583. The Balaban J connectivity index is 2.40. The summed E-state index contributed by atoms with van der Waals surface area (Å²) < 4.78 is 5.20.